The summed E-state index contributed by atoms with van der Waals surface area (Å²) in [5.74, 6) is 0. The van der Waals surface area contributed by atoms with Crippen molar-refractivity contribution in [2.24, 2.45) is 5.73 Å². The zero-order valence-electron chi connectivity index (χ0n) is 15.6. The van der Waals surface area contributed by atoms with Crippen molar-refractivity contribution in [3.05, 3.63) is 58.6 Å². The predicted octanol–water partition coefficient (Wildman–Crippen LogP) is 7.03. The number of rotatable bonds is 9. The lowest BCUT2D eigenvalue weighted by Gasteiger charge is -2.27. The molecule has 2 rings (SSSR count). The van der Waals surface area contributed by atoms with Crippen molar-refractivity contribution >= 4 is 23.4 Å². The minimum atomic E-state index is -0.0117. The molecular formula is C22H30ClNS. The molecule has 0 aliphatic carbocycles. The van der Waals surface area contributed by atoms with E-state index in [2.05, 4.69) is 63.2 Å². The number of halogens is 1. The van der Waals surface area contributed by atoms with Gasteiger partial charge in [0.2, 0.25) is 0 Å². The predicted molar refractivity (Wildman–Crippen MR) is 112 cm³/mol. The molecule has 1 nitrogen and oxygen atoms in total. The van der Waals surface area contributed by atoms with Crippen molar-refractivity contribution < 1.29 is 0 Å². The molecule has 3 heteroatoms. The van der Waals surface area contributed by atoms with Gasteiger partial charge in [0.15, 0.2) is 0 Å². The smallest absolute Gasteiger partial charge is 0.0449 e. The minimum Gasteiger partial charge on any atom is -0.325 e. The first-order chi connectivity index (χ1) is 12.0. The molecule has 0 bridgehead atoms. The third kappa shape index (κ3) is 6.36. The van der Waals surface area contributed by atoms with E-state index in [1.54, 1.807) is 11.8 Å². The molecular weight excluding hydrogens is 346 g/mol. The molecule has 0 saturated heterocycles. The summed E-state index contributed by atoms with van der Waals surface area (Å²) in [7, 11) is 0. The Bertz CT molecular complexity index is 685. The molecule has 0 saturated carbocycles. The Balaban J connectivity index is 1.95. The fourth-order valence-electron chi connectivity index (χ4n) is 3.22. The molecule has 0 radical (unpaired) electrons. The van der Waals surface area contributed by atoms with Crippen LogP contribution in [0.3, 0.4) is 0 Å². The Hall–Kier alpha value is -0.960. The lowest BCUT2D eigenvalue weighted by molar-refractivity contribution is 0.341. The van der Waals surface area contributed by atoms with Gasteiger partial charge in [-0.3, -0.25) is 0 Å². The molecule has 0 unspecified atom stereocenters. The molecule has 0 aromatic heterocycles. The van der Waals surface area contributed by atoms with Gasteiger partial charge < -0.3 is 5.73 Å². The third-order valence-electron chi connectivity index (χ3n) is 4.82. The maximum atomic E-state index is 6.53. The van der Waals surface area contributed by atoms with E-state index in [-0.39, 0.29) is 5.54 Å². The fourth-order valence-corrected chi connectivity index (χ4v) is 4.53. The second-order valence-corrected chi connectivity index (χ2v) is 8.55. The minimum absolute atomic E-state index is 0.0117. The average molecular weight is 376 g/mol. The van der Waals surface area contributed by atoms with Crippen LogP contribution in [0.5, 0.6) is 0 Å². The van der Waals surface area contributed by atoms with Crippen LogP contribution >= 0.6 is 23.4 Å². The first kappa shape index (κ1) is 20.4. The highest BCUT2D eigenvalue weighted by molar-refractivity contribution is 7.99. The van der Waals surface area contributed by atoms with Crippen molar-refractivity contribution in [2.75, 3.05) is 0 Å². The quantitative estimate of drug-likeness (QED) is 0.509. The Morgan fingerprint density at radius 3 is 2.44 bits per heavy atom. The monoisotopic (exact) mass is 375 g/mol. The Labute approximate surface area is 162 Å². The lowest BCUT2D eigenvalue weighted by atomic mass is 9.86. The molecule has 0 aliphatic rings. The third-order valence-corrected chi connectivity index (χ3v) is 6.15. The van der Waals surface area contributed by atoms with Gasteiger partial charge in [-0.15, -0.1) is 0 Å². The van der Waals surface area contributed by atoms with Crippen LogP contribution in [0.15, 0.2) is 52.3 Å². The van der Waals surface area contributed by atoms with Crippen molar-refractivity contribution in [3.63, 3.8) is 0 Å². The number of hydrogen-bond acceptors (Lipinski definition) is 2. The standard InChI is InChI=1S/C22H30ClNS/c1-4-13-22(24,5-2)14-7-9-18-11-12-20(16-21(18)23)25-19-10-6-8-17(3)15-19/h6,8,10-12,15-16H,4-5,7,9,13-14,24H2,1-3H3/t22-/m1/s1. The number of aryl methyl sites for hydroxylation is 2. The van der Waals surface area contributed by atoms with Crippen molar-refractivity contribution in [1.29, 1.82) is 0 Å². The molecule has 136 valence electrons. The van der Waals surface area contributed by atoms with Gasteiger partial charge in [0.25, 0.3) is 0 Å². The average Bonchev–Trinajstić information content (AvgIpc) is 2.57. The summed E-state index contributed by atoms with van der Waals surface area (Å²) in [5, 5.41) is 0.868. The van der Waals surface area contributed by atoms with Crippen molar-refractivity contribution in [1.82, 2.24) is 0 Å². The summed E-state index contributed by atoms with van der Waals surface area (Å²) in [6.07, 6.45) is 6.44. The van der Waals surface area contributed by atoms with E-state index in [9.17, 15) is 0 Å². The number of hydrogen-bond donors (Lipinski definition) is 1. The molecule has 0 aliphatic heterocycles. The Morgan fingerprint density at radius 2 is 1.80 bits per heavy atom. The second kappa shape index (κ2) is 9.66. The summed E-state index contributed by atoms with van der Waals surface area (Å²) in [6.45, 7) is 6.52. The highest BCUT2D eigenvalue weighted by atomic mass is 35.5. The van der Waals surface area contributed by atoms with Crippen LogP contribution in [-0.4, -0.2) is 5.54 Å². The van der Waals surface area contributed by atoms with E-state index in [0.29, 0.717) is 0 Å². The second-order valence-electron chi connectivity index (χ2n) is 6.99. The van der Waals surface area contributed by atoms with E-state index in [0.717, 1.165) is 43.5 Å². The highest BCUT2D eigenvalue weighted by Gasteiger charge is 2.20. The van der Waals surface area contributed by atoms with Gasteiger partial charge in [-0.25, -0.2) is 0 Å². The largest absolute Gasteiger partial charge is 0.325 e. The first-order valence-electron chi connectivity index (χ1n) is 9.27. The Kier molecular flexibility index (Phi) is 7.86. The van der Waals surface area contributed by atoms with Crippen LogP contribution in [-0.2, 0) is 6.42 Å². The fraction of sp³-hybridized carbons (Fsp3) is 0.455. The van der Waals surface area contributed by atoms with Crippen molar-refractivity contribution in [3.8, 4) is 0 Å². The van der Waals surface area contributed by atoms with E-state index in [1.807, 2.05) is 0 Å². The molecule has 0 amide bonds. The maximum absolute atomic E-state index is 6.53. The molecule has 0 fully saturated rings. The summed E-state index contributed by atoms with van der Waals surface area (Å²) < 4.78 is 0. The summed E-state index contributed by atoms with van der Waals surface area (Å²) in [6, 6.07) is 15.0. The van der Waals surface area contributed by atoms with Crippen LogP contribution < -0.4 is 5.73 Å². The molecule has 2 N–H and O–H groups in total. The number of benzene rings is 2. The van der Waals surface area contributed by atoms with Gasteiger partial charge in [-0.2, -0.15) is 0 Å². The molecule has 25 heavy (non-hydrogen) atoms. The van der Waals surface area contributed by atoms with E-state index < -0.39 is 0 Å². The Morgan fingerprint density at radius 1 is 1.04 bits per heavy atom. The molecule has 1 atom stereocenters. The van der Waals surface area contributed by atoms with Crippen LogP contribution in [0.2, 0.25) is 5.02 Å². The number of nitrogens with two attached hydrogens (primary N) is 1. The van der Waals surface area contributed by atoms with Crippen LogP contribution in [0, 0.1) is 6.92 Å². The molecule has 2 aromatic rings. The van der Waals surface area contributed by atoms with E-state index in [4.69, 9.17) is 17.3 Å². The van der Waals surface area contributed by atoms with Gasteiger partial charge in [-0.05, 0) is 68.9 Å². The summed E-state index contributed by atoms with van der Waals surface area (Å²) in [5.41, 5.74) is 8.99. The van der Waals surface area contributed by atoms with Crippen LogP contribution in [0.25, 0.3) is 0 Å². The zero-order valence-corrected chi connectivity index (χ0v) is 17.2. The van der Waals surface area contributed by atoms with Crippen molar-refractivity contribution in [2.45, 2.75) is 74.6 Å². The van der Waals surface area contributed by atoms with Gasteiger partial charge >= 0.3 is 0 Å². The molecule has 2 aromatic carbocycles. The topological polar surface area (TPSA) is 26.0 Å². The van der Waals surface area contributed by atoms with E-state index in [1.165, 1.54) is 20.9 Å². The van der Waals surface area contributed by atoms with Crippen LogP contribution in [0.4, 0.5) is 0 Å². The molecule has 0 heterocycles. The molecule has 0 spiro atoms. The SMILES string of the molecule is CCC[C@](N)(CC)CCCc1ccc(Sc2cccc(C)c2)cc1Cl. The van der Waals surface area contributed by atoms with Gasteiger partial charge in [0.05, 0.1) is 0 Å². The van der Waals surface area contributed by atoms with E-state index >= 15 is 0 Å². The maximum Gasteiger partial charge on any atom is 0.0449 e. The van der Waals surface area contributed by atoms with Gasteiger partial charge in [-0.1, -0.05) is 67.4 Å². The van der Waals surface area contributed by atoms with Gasteiger partial charge in [0.1, 0.15) is 0 Å². The normalized spacial score (nSPS) is 13.6. The highest BCUT2D eigenvalue weighted by Crippen LogP contribution is 2.32. The lowest BCUT2D eigenvalue weighted by Crippen LogP contribution is -2.38. The van der Waals surface area contributed by atoms with Gasteiger partial charge in [0, 0.05) is 20.4 Å². The zero-order chi connectivity index (χ0) is 18.3. The van der Waals surface area contributed by atoms with Crippen LogP contribution in [0.1, 0.15) is 57.1 Å². The summed E-state index contributed by atoms with van der Waals surface area (Å²) >= 11 is 8.29. The summed E-state index contributed by atoms with van der Waals surface area (Å²) in [4.78, 5) is 2.44. The first-order valence-corrected chi connectivity index (χ1v) is 10.5.